The minimum atomic E-state index is -0.555. The smallest absolute Gasteiger partial charge is 0.264 e. The molecule has 0 aromatic heterocycles. The van der Waals surface area contributed by atoms with Gasteiger partial charge in [0.25, 0.3) is 5.91 Å². The molecule has 1 amide bonds. The van der Waals surface area contributed by atoms with Crippen LogP contribution in [-0.4, -0.2) is 35.1 Å². The van der Waals surface area contributed by atoms with Gasteiger partial charge in [0.05, 0.1) is 12.2 Å². The summed E-state index contributed by atoms with van der Waals surface area (Å²) in [6.45, 7) is 5.11. The van der Waals surface area contributed by atoms with Gasteiger partial charge in [0.2, 0.25) is 0 Å². The van der Waals surface area contributed by atoms with Gasteiger partial charge in [-0.3, -0.25) is 4.79 Å². The number of amides is 1. The van der Waals surface area contributed by atoms with Crippen molar-refractivity contribution >= 4 is 11.6 Å². The largest absolute Gasteiger partial charge is 0.371 e. The zero-order valence-electron chi connectivity index (χ0n) is 13.6. The molecule has 1 unspecified atom stereocenters. The maximum absolute atomic E-state index is 13.9. The van der Waals surface area contributed by atoms with Crippen molar-refractivity contribution in [3.8, 4) is 6.19 Å². The maximum Gasteiger partial charge on any atom is 0.264 e. The van der Waals surface area contributed by atoms with Crippen LogP contribution in [0.5, 0.6) is 0 Å². The molecule has 1 heterocycles. The van der Waals surface area contributed by atoms with E-state index < -0.39 is 6.04 Å². The first kappa shape index (κ1) is 17.1. The van der Waals surface area contributed by atoms with E-state index in [0.717, 1.165) is 12.8 Å². The third-order valence-electron chi connectivity index (χ3n) is 3.86. The van der Waals surface area contributed by atoms with Gasteiger partial charge in [0, 0.05) is 6.54 Å². The second kappa shape index (κ2) is 7.82. The number of halogens is 1. The molecule has 0 radical (unpaired) electrons. The van der Waals surface area contributed by atoms with Crippen LogP contribution >= 0.6 is 0 Å². The zero-order chi connectivity index (χ0) is 16.8. The SMILES string of the molecule is CC(C)CC(Nc1ccccc1F)C(=O)N1CCCCN1C#N. The first-order valence-electron chi connectivity index (χ1n) is 8.02. The Morgan fingerprint density at radius 3 is 2.70 bits per heavy atom. The summed E-state index contributed by atoms with van der Waals surface area (Å²) in [4.78, 5) is 12.9. The highest BCUT2D eigenvalue weighted by molar-refractivity contribution is 5.84. The molecule has 23 heavy (non-hydrogen) atoms. The van der Waals surface area contributed by atoms with Crippen molar-refractivity contribution in [1.82, 2.24) is 10.0 Å². The number of hydrazine groups is 1. The van der Waals surface area contributed by atoms with Gasteiger partial charge >= 0.3 is 0 Å². The quantitative estimate of drug-likeness (QED) is 0.848. The molecule has 1 aromatic rings. The van der Waals surface area contributed by atoms with Gasteiger partial charge < -0.3 is 5.32 Å². The van der Waals surface area contributed by atoms with Crippen molar-refractivity contribution in [3.63, 3.8) is 0 Å². The van der Waals surface area contributed by atoms with E-state index in [1.54, 1.807) is 18.2 Å². The van der Waals surface area contributed by atoms with E-state index in [-0.39, 0.29) is 17.6 Å². The summed E-state index contributed by atoms with van der Waals surface area (Å²) >= 11 is 0. The van der Waals surface area contributed by atoms with Gasteiger partial charge in [-0.25, -0.2) is 14.4 Å². The summed E-state index contributed by atoms with van der Waals surface area (Å²) in [6, 6.07) is 5.77. The molecule has 1 fully saturated rings. The van der Waals surface area contributed by atoms with Gasteiger partial charge in [0.15, 0.2) is 6.19 Å². The normalized spacial score (nSPS) is 16.1. The van der Waals surface area contributed by atoms with E-state index in [9.17, 15) is 14.4 Å². The van der Waals surface area contributed by atoms with E-state index in [1.807, 2.05) is 13.8 Å². The van der Waals surface area contributed by atoms with E-state index >= 15 is 0 Å². The average Bonchev–Trinajstić information content (AvgIpc) is 2.55. The predicted molar refractivity (Wildman–Crippen MR) is 86.5 cm³/mol. The van der Waals surface area contributed by atoms with E-state index in [1.165, 1.54) is 16.1 Å². The second-order valence-corrected chi connectivity index (χ2v) is 6.20. The van der Waals surface area contributed by atoms with Crippen LogP contribution in [-0.2, 0) is 4.79 Å². The predicted octanol–water partition coefficient (Wildman–Crippen LogP) is 2.97. The van der Waals surface area contributed by atoms with Crippen molar-refractivity contribution in [1.29, 1.82) is 5.26 Å². The molecule has 0 aliphatic carbocycles. The second-order valence-electron chi connectivity index (χ2n) is 6.20. The number of para-hydroxylation sites is 1. The summed E-state index contributed by atoms with van der Waals surface area (Å²) < 4.78 is 13.9. The lowest BCUT2D eigenvalue weighted by molar-refractivity contribution is -0.147. The number of nitriles is 1. The minimum absolute atomic E-state index is 0.178. The van der Waals surface area contributed by atoms with Gasteiger partial charge in [0.1, 0.15) is 11.9 Å². The van der Waals surface area contributed by atoms with Crippen molar-refractivity contribution in [2.45, 2.75) is 39.2 Å². The Hall–Kier alpha value is -2.29. The van der Waals surface area contributed by atoms with Crippen molar-refractivity contribution < 1.29 is 9.18 Å². The highest BCUT2D eigenvalue weighted by atomic mass is 19.1. The molecule has 0 bridgehead atoms. The van der Waals surface area contributed by atoms with Crippen molar-refractivity contribution in [2.24, 2.45) is 5.92 Å². The van der Waals surface area contributed by atoms with Crippen LogP contribution in [0.2, 0.25) is 0 Å². The zero-order valence-corrected chi connectivity index (χ0v) is 13.6. The monoisotopic (exact) mass is 318 g/mol. The van der Waals surface area contributed by atoms with Crippen molar-refractivity contribution in [2.75, 3.05) is 18.4 Å². The Morgan fingerprint density at radius 1 is 1.35 bits per heavy atom. The molecule has 0 saturated carbocycles. The van der Waals surface area contributed by atoms with E-state index in [4.69, 9.17) is 0 Å². The lowest BCUT2D eigenvalue weighted by Gasteiger charge is -2.37. The number of benzene rings is 1. The fourth-order valence-corrected chi connectivity index (χ4v) is 2.74. The molecule has 1 aliphatic heterocycles. The van der Waals surface area contributed by atoms with Crippen LogP contribution in [0.3, 0.4) is 0 Å². The number of anilines is 1. The number of rotatable bonds is 5. The number of carbonyl (C=O) groups is 1. The van der Waals surface area contributed by atoms with Crippen LogP contribution in [0.25, 0.3) is 0 Å². The highest BCUT2D eigenvalue weighted by Gasteiger charge is 2.30. The molecule has 1 N–H and O–H groups in total. The van der Waals surface area contributed by atoms with E-state index in [2.05, 4.69) is 11.5 Å². The topological polar surface area (TPSA) is 59.4 Å². The van der Waals surface area contributed by atoms with Crippen LogP contribution in [0.1, 0.15) is 33.1 Å². The summed E-state index contributed by atoms with van der Waals surface area (Å²) in [6.07, 6.45) is 4.40. The minimum Gasteiger partial charge on any atom is -0.371 e. The average molecular weight is 318 g/mol. The van der Waals surface area contributed by atoms with E-state index in [0.29, 0.717) is 25.2 Å². The third-order valence-corrected chi connectivity index (χ3v) is 3.86. The first-order chi connectivity index (χ1) is 11.0. The number of nitrogens with one attached hydrogen (secondary N) is 1. The Kier molecular flexibility index (Phi) is 5.80. The van der Waals surface area contributed by atoms with Gasteiger partial charge in [-0.2, -0.15) is 5.26 Å². The molecule has 5 nitrogen and oxygen atoms in total. The summed E-state index contributed by atoms with van der Waals surface area (Å²) in [5.74, 6) is -0.295. The molecule has 1 atom stereocenters. The van der Waals surface area contributed by atoms with Crippen LogP contribution in [0.15, 0.2) is 24.3 Å². The first-order valence-corrected chi connectivity index (χ1v) is 8.02. The van der Waals surface area contributed by atoms with Crippen LogP contribution in [0, 0.1) is 23.2 Å². The van der Waals surface area contributed by atoms with Gasteiger partial charge in [-0.1, -0.05) is 26.0 Å². The molecule has 124 valence electrons. The molecule has 1 aliphatic rings. The molecule has 1 saturated heterocycles. The lowest BCUT2D eigenvalue weighted by Crippen LogP contribution is -2.53. The summed E-state index contributed by atoms with van der Waals surface area (Å²) in [5.41, 5.74) is 0.312. The molecule has 2 rings (SSSR count). The number of hydrogen-bond acceptors (Lipinski definition) is 4. The summed E-state index contributed by atoms with van der Waals surface area (Å²) in [5, 5.41) is 15.1. The Bertz CT molecular complexity index is 584. The molecule has 0 spiro atoms. The number of carbonyl (C=O) groups excluding carboxylic acids is 1. The third kappa shape index (κ3) is 4.35. The molecular formula is C17H23FN4O. The molecular weight excluding hydrogens is 295 g/mol. The maximum atomic E-state index is 13.9. The van der Waals surface area contributed by atoms with Gasteiger partial charge in [-0.15, -0.1) is 0 Å². The molecule has 6 heteroatoms. The Labute approximate surface area is 136 Å². The standard InChI is InChI=1S/C17H23FN4O/c1-13(2)11-16(20-15-8-4-3-7-14(15)18)17(23)22-10-6-5-9-21(22)12-19/h3-4,7-8,13,16,20H,5-6,9-11H2,1-2H3. The number of nitrogens with zero attached hydrogens (tertiary/aromatic N) is 3. The highest BCUT2D eigenvalue weighted by Crippen LogP contribution is 2.20. The lowest BCUT2D eigenvalue weighted by atomic mass is 10.0. The van der Waals surface area contributed by atoms with Gasteiger partial charge in [-0.05, 0) is 37.3 Å². The fraction of sp³-hybridized carbons (Fsp3) is 0.529. The Balaban J connectivity index is 2.18. The van der Waals surface area contributed by atoms with Crippen LogP contribution < -0.4 is 5.32 Å². The number of hydrogen-bond donors (Lipinski definition) is 1. The Morgan fingerprint density at radius 2 is 2.04 bits per heavy atom. The fourth-order valence-electron chi connectivity index (χ4n) is 2.74. The van der Waals surface area contributed by atoms with Crippen LogP contribution in [0.4, 0.5) is 10.1 Å². The summed E-state index contributed by atoms with van der Waals surface area (Å²) in [7, 11) is 0. The molecule has 1 aromatic carbocycles. The van der Waals surface area contributed by atoms with Crippen molar-refractivity contribution in [3.05, 3.63) is 30.1 Å².